The Labute approximate surface area is 80.3 Å². The molecule has 0 atom stereocenters. The minimum absolute atomic E-state index is 0.632. The summed E-state index contributed by atoms with van der Waals surface area (Å²) in [5.41, 5.74) is 10.6. The first-order valence-corrected chi connectivity index (χ1v) is 4.58. The predicted molar refractivity (Wildman–Crippen MR) is 58.6 cm³/mol. The maximum atomic E-state index is 5.52. The fourth-order valence-electron chi connectivity index (χ4n) is 1.20. The Bertz CT molecular complexity index is 324. The first-order valence-electron chi connectivity index (χ1n) is 4.58. The molecule has 0 aliphatic heterocycles. The second-order valence-electron chi connectivity index (χ2n) is 3.54. The number of hydrogen-bond donors (Lipinski definition) is 1. The van der Waals surface area contributed by atoms with Crippen LogP contribution in [0.4, 0.5) is 0 Å². The van der Waals surface area contributed by atoms with Gasteiger partial charge >= 0.3 is 0 Å². The van der Waals surface area contributed by atoms with Gasteiger partial charge in [0.15, 0.2) is 0 Å². The van der Waals surface area contributed by atoms with Crippen molar-refractivity contribution in [2.24, 2.45) is 5.73 Å². The van der Waals surface area contributed by atoms with Crippen LogP contribution in [0.5, 0.6) is 0 Å². The standard InChI is InChI=1S/C12H17N/c1-9(8-13)6-12-5-4-10(2)11(3)7-12/h4-7H,8,13H2,1-3H3. The van der Waals surface area contributed by atoms with Crippen LogP contribution in [-0.4, -0.2) is 6.54 Å². The van der Waals surface area contributed by atoms with E-state index in [9.17, 15) is 0 Å². The molecule has 1 heteroatoms. The van der Waals surface area contributed by atoms with Crippen molar-refractivity contribution in [3.8, 4) is 0 Å². The van der Waals surface area contributed by atoms with E-state index in [1.807, 2.05) is 0 Å². The summed E-state index contributed by atoms with van der Waals surface area (Å²) in [4.78, 5) is 0. The van der Waals surface area contributed by atoms with Crippen LogP contribution < -0.4 is 5.73 Å². The molecule has 0 saturated carbocycles. The number of hydrogen-bond acceptors (Lipinski definition) is 1. The topological polar surface area (TPSA) is 26.0 Å². The molecule has 0 heterocycles. The van der Waals surface area contributed by atoms with Crippen LogP contribution in [-0.2, 0) is 0 Å². The molecule has 0 bridgehead atoms. The van der Waals surface area contributed by atoms with Crippen molar-refractivity contribution in [2.45, 2.75) is 20.8 Å². The van der Waals surface area contributed by atoms with E-state index in [4.69, 9.17) is 5.73 Å². The molecular formula is C12H17N. The first-order chi connectivity index (χ1) is 6.13. The van der Waals surface area contributed by atoms with Crippen LogP contribution in [0.3, 0.4) is 0 Å². The molecule has 0 aliphatic rings. The highest BCUT2D eigenvalue weighted by Gasteiger charge is 1.93. The Balaban J connectivity index is 2.98. The van der Waals surface area contributed by atoms with Gasteiger partial charge in [0, 0.05) is 6.54 Å². The summed E-state index contributed by atoms with van der Waals surface area (Å²) in [6, 6.07) is 6.46. The maximum Gasteiger partial charge on any atom is 0.0137 e. The van der Waals surface area contributed by atoms with Crippen LogP contribution in [0.15, 0.2) is 23.8 Å². The molecule has 70 valence electrons. The Morgan fingerprint density at radius 2 is 2.00 bits per heavy atom. The fraction of sp³-hybridized carbons (Fsp3) is 0.333. The molecule has 13 heavy (non-hydrogen) atoms. The zero-order valence-corrected chi connectivity index (χ0v) is 8.59. The van der Waals surface area contributed by atoms with Crippen LogP contribution in [0, 0.1) is 13.8 Å². The molecule has 0 amide bonds. The average molecular weight is 175 g/mol. The Morgan fingerprint density at radius 3 is 2.54 bits per heavy atom. The van der Waals surface area contributed by atoms with Gasteiger partial charge in [-0.05, 0) is 37.5 Å². The molecule has 0 aliphatic carbocycles. The van der Waals surface area contributed by atoms with Crippen molar-refractivity contribution in [2.75, 3.05) is 6.54 Å². The lowest BCUT2D eigenvalue weighted by Gasteiger charge is -2.02. The fourth-order valence-corrected chi connectivity index (χ4v) is 1.20. The third-order valence-electron chi connectivity index (χ3n) is 2.27. The van der Waals surface area contributed by atoms with Gasteiger partial charge in [-0.2, -0.15) is 0 Å². The molecule has 0 radical (unpaired) electrons. The van der Waals surface area contributed by atoms with E-state index >= 15 is 0 Å². The van der Waals surface area contributed by atoms with Crippen LogP contribution in [0.25, 0.3) is 6.08 Å². The van der Waals surface area contributed by atoms with E-state index in [1.54, 1.807) is 0 Å². The van der Waals surface area contributed by atoms with E-state index in [-0.39, 0.29) is 0 Å². The second kappa shape index (κ2) is 4.24. The number of aryl methyl sites for hydroxylation is 2. The molecule has 0 saturated heterocycles. The van der Waals surface area contributed by atoms with Gasteiger partial charge in [-0.15, -0.1) is 0 Å². The quantitative estimate of drug-likeness (QED) is 0.734. The van der Waals surface area contributed by atoms with E-state index in [2.05, 4.69) is 45.0 Å². The molecule has 0 aromatic heterocycles. The van der Waals surface area contributed by atoms with Gasteiger partial charge < -0.3 is 5.73 Å². The molecular weight excluding hydrogens is 158 g/mol. The van der Waals surface area contributed by atoms with E-state index in [0.29, 0.717) is 6.54 Å². The molecule has 1 aromatic carbocycles. The first kappa shape index (κ1) is 10.0. The summed E-state index contributed by atoms with van der Waals surface area (Å²) in [5, 5.41) is 0. The predicted octanol–water partition coefficient (Wildman–Crippen LogP) is 2.67. The number of rotatable bonds is 2. The Morgan fingerprint density at radius 1 is 1.31 bits per heavy atom. The van der Waals surface area contributed by atoms with Crippen molar-refractivity contribution >= 4 is 6.08 Å². The van der Waals surface area contributed by atoms with E-state index < -0.39 is 0 Å². The normalized spacial score (nSPS) is 11.8. The van der Waals surface area contributed by atoms with E-state index in [1.165, 1.54) is 22.3 Å². The lowest BCUT2D eigenvalue weighted by molar-refractivity contribution is 1.15. The van der Waals surface area contributed by atoms with Crippen molar-refractivity contribution < 1.29 is 0 Å². The zero-order valence-electron chi connectivity index (χ0n) is 8.59. The third-order valence-corrected chi connectivity index (χ3v) is 2.27. The van der Waals surface area contributed by atoms with Crippen LogP contribution in [0.1, 0.15) is 23.6 Å². The summed E-state index contributed by atoms with van der Waals surface area (Å²) in [6.45, 7) is 6.94. The largest absolute Gasteiger partial charge is 0.327 e. The monoisotopic (exact) mass is 175 g/mol. The minimum atomic E-state index is 0.632. The maximum absolute atomic E-state index is 5.52. The van der Waals surface area contributed by atoms with Crippen molar-refractivity contribution in [1.82, 2.24) is 0 Å². The lowest BCUT2D eigenvalue weighted by Crippen LogP contribution is -1.99. The number of nitrogens with two attached hydrogens (primary N) is 1. The van der Waals surface area contributed by atoms with Gasteiger partial charge in [0.25, 0.3) is 0 Å². The molecule has 1 aromatic rings. The molecule has 0 fully saturated rings. The highest BCUT2D eigenvalue weighted by Crippen LogP contribution is 2.12. The molecule has 1 rings (SSSR count). The summed E-state index contributed by atoms with van der Waals surface area (Å²) in [5.74, 6) is 0. The zero-order chi connectivity index (χ0) is 9.84. The van der Waals surface area contributed by atoms with Gasteiger partial charge in [-0.25, -0.2) is 0 Å². The van der Waals surface area contributed by atoms with Crippen molar-refractivity contribution in [3.05, 3.63) is 40.5 Å². The van der Waals surface area contributed by atoms with Crippen LogP contribution >= 0.6 is 0 Å². The Kier molecular flexibility index (Phi) is 3.26. The van der Waals surface area contributed by atoms with Crippen LogP contribution in [0.2, 0.25) is 0 Å². The summed E-state index contributed by atoms with van der Waals surface area (Å²) < 4.78 is 0. The summed E-state index contributed by atoms with van der Waals surface area (Å²) in [7, 11) is 0. The van der Waals surface area contributed by atoms with Gasteiger partial charge in [0.1, 0.15) is 0 Å². The van der Waals surface area contributed by atoms with Gasteiger partial charge in [-0.1, -0.05) is 29.8 Å². The SMILES string of the molecule is CC(=Cc1ccc(C)c(C)c1)CN. The van der Waals surface area contributed by atoms with Crippen molar-refractivity contribution in [1.29, 1.82) is 0 Å². The molecule has 2 N–H and O–H groups in total. The average Bonchev–Trinajstić information content (AvgIpc) is 2.11. The molecule has 1 nitrogen and oxygen atoms in total. The second-order valence-corrected chi connectivity index (χ2v) is 3.54. The van der Waals surface area contributed by atoms with E-state index in [0.717, 1.165) is 0 Å². The highest BCUT2D eigenvalue weighted by molar-refractivity contribution is 5.54. The van der Waals surface area contributed by atoms with Gasteiger partial charge in [0.2, 0.25) is 0 Å². The third kappa shape index (κ3) is 2.71. The molecule has 0 unspecified atom stereocenters. The smallest absolute Gasteiger partial charge is 0.0137 e. The Hall–Kier alpha value is -1.08. The lowest BCUT2D eigenvalue weighted by atomic mass is 10.0. The summed E-state index contributed by atoms with van der Waals surface area (Å²) >= 11 is 0. The highest BCUT2D eigenvalue weighted by atomic mass is 14.5. The summed E-state index contributed by atoms with van der Waals surface area (Å²) in [6.07, 6.45) is 2.13. The molecule has 0 spiro atoms. The van der Waals surface area contributed by atoms with Gasteiger partial charge in [-0.3, -0.25) is 0 Å². The van der Waals surface area contributed by atoms with Gasteiger partial charge in [0.05, 0.1) is 0 Å². The number of benzene rings is 1. The van der Waals surface area contributed by atoms with Crippen molar-refractivity contribution in [3.63, 3.8) is 0 Å². The minimum Gasteiger partial charge on any atom is -0.327 e.